The molecular formula is C29H27ClN10O4. The van der Waals surface area contributed by atoms with Crippen LogP contribution in [0.1, 0.15) is 19.4 Å². The maximum Gasteiger partial charge on any atom is 0.313 e. The van der Waals surface area contributed by atoms with Crippen LogP contribution in [-0.4, -0.2) is 56.0 Å². The van der Waals surface area contributed by atoms with Crippen LogP contribution in [0.4, 0.5) is 11.4 Å². The van der Waals surface area contributed by atoms with Crippen molar-refractivity contribution in [3.8, 4) is 17.6 Å². The smallest absolute Gasteiger partial charge is 0.313 e. The summed E-state index contributed by atoms with van der Waals surface area (Å²) >= 11 is 6.10. The number of tetrazole rings is 1. The van der Waals surface area contributed by atoms with E-state index in [1.54, 1.807) is 80.7 Å². The van der Waals surface area contributed by atoms with E-state index in [1.807, 2.05) is 6.07 Å². The van der Waals surface area contributed by atoms with Crippen molar-refractivity contribution in [3.05, 3.63) is 89.7 Å². The van der Waals surface area contributed by atoms with Crippen LogP contribution < -0.4 is 26.0 Å². The minimum atomic E-state index is -1.08. The number of hydrogen-bond donors (Lipinski definition) is 4. The molecular weight excluding hydrogens is 588 g/mol. The van der Waals surface area contributed by atoms with Crippen molar-refractivity contribution in [1.82, 2.24) is 36.2 Å². The number of nitrogens with zero attached hydrogens (tertiary/aromatic N) is 6. The molecule has 15 heteroatoms. The maximum absolute atomic E-state index is 13.0. The standard InChI is InChI=1S/C29H27ClN10O4/c1-18(2)34-26(41)24(37-28(43)27(42)36-23-15-20(30)10-13-25(23)40-17-33-38-39-40)14-19-8-11-21(12-9-19)35-29(32-16-31)44-22-6-4-3-5-7-22/h3-13,15,17-18,24H,14H2,1-2H3,(H,32,35)(H,34,41)(H,36,42)(H,37,43)/t24-/m0/s1. The molecule has 0 saturated carbocycles. The molecule has 4 aromatic rings. The minimum Gasteiger partial charge on any atom is -0.425 e. The fraction of sp³-hybridized carbons (Fsp3) is 0.172. The van der Waals surface area contributed by atoms with Gasteiger partial charge in [-0.3, -0.25) is 14.4 Å². The topological polar surface area (TPSA) is 188 Å². The second-order valence-electron chi connectivity index (χ2n) is 9.50. The van der Waals surface area contributed by atoms with Gasteiger partial charge in [0.2, 0.25) is 5.91 Å². The number of ether oxygens (including phenoxy) is 1. The fourth-order valence-corrected chi connectivity index (χ4v) is 4.03. The average molecular weight is 615 g/mol. The summed E-state index contributed by atoms with van der Waals surface area (Å²) in [5.41, 5.74) is 1.70. The van der Waals surface area contributed by atoms with Crippen LogP contribution in [0.5, 0.6) is 5.75 Å². The summed E-state index contributed by atoms with van der Waals surface area (Å²) in [7, 11) is 0. The van der Waals surface area contributed by atoms with E-state index in [1.165, 1.54) is 17.1 Å². The number of amides is 3. The van der Waals surface area contributed by atoms with Gasteiger partial charge in [0.15, 0.2) is 6.19 Å². The van der Waals surface area contributed by atoms with Crippen LogP contribution in [0.2, 0.25) is 5.02 Å². The quantitative estimate of drug-likeness (QED) is 0.0722. The van der Waals surface area contributed by atoms with Crippen LogP contribution >= 0.6 is 11.6 Å². The monoisotopic (exact) mass is 614 g/mol. The molecule has 44 heavy (non-hydrogen) atoms. The van der Waals surface area contributed by atoms with E-state index < -0.39 is 23.8 Å². The lowest BCUT2D eigenvalue weighted by molar-refractivity contribution is -0.138. The molecule has 0 aliphatic carbocycles. The molecule has 0 aliphatic rings. The van der Waals surface area contributed by atoms with Gasteiger partial charge in [-0.2, -0.15) is 14.9 Å². The molecule has 0 fully saturated rings. The van der Waals surface area contributed by atoms with E-state index in [2.05, 4.69) is 41.8 Å². The molecule has 4 rings (SSSR count). The van der Waals surface area contributed by atoms with Crippen LogP contribution in [-0.2, 0) is 20.8 Å². The van der Waals surface area contributed by atoms with Crippen molar-refractivity contribution >= 4 is 46.7 Å². The number of carbonyl (C=O) groups is 3. The Balaban J connectivity index is 1.47. The molecule has 3 aromatic carbocycles. The number of benzene rings is 3. The predicted octanol–water partition coefficient (Wildman–Crippen LogP) is 2.64. The third-order valence-corrected chi connectivity index (χ3v) is 6.02. The van der Waals surface area contributed by atoms with Crippen LogP contribution in [0.25, 0.3) is 5.69 Å². The van der Waals surface area contributed by atoms with Gasteiger partial charge in [-0.25, -0.2) is 5.32 Å². The zero-order valence-corrected chi connectivity index (χ0v) is 24.3. The molecule has 1 aromatic heterocycles. The van der Waals surface area contributed by atoms with Gasteiger partial charge in [0.05, 0.1) is 17.1 Å². The van der Waals surface area contributed by atoms with E-state index in [0.29, 0.717) is 27.7 Å². The molecule has 14 nitrogen and oxygen atoms in total. The second kappa shape index (κ2) is 14.9. The summed E-state index contributed by atoms with van der Waals surface area (Å²) in [6.45, 7) is 3.56. The van der Waals surface area contributed by atoms with E-state index in [9.17, 15) is 14.4 Å². The van der Waals surface area contributed by atoms with Crippen molar-refractivity contribution in [2.24, 2.45) is 4.99 Å². The number of aromatic nitrogens is 4. The first kappa shape index (κ1) is 31.1. The molecule has 0 bridgehead atoms. The SMILES string of the molecule is CC(C)NC(=O)[C@H](Cc1ccc(N=C(NC#N)Oc2ccccc2)cc1)NC(=O)C(=O)Nc1cc(Cl)ccc1-n1cnnn1. The first-order chi connectivity index (χ1) is 21.2. The Morgan fingerprint density at radius 1 is 1.02 bits per heavy atom. The van der Waals surface area contributed by atoms with Crippen molar-refractivity contribution in [2.75, 3.05) is 5.32 Å². The molecule has 1 atom stereocenters. The summed E-state index contributed by atoms with van der Waals surface area (Å²) < 4.78 is 6.92. The lowest BCUT2D eigenvalue weighted by atomic mass is 10.0. The molecule has 0 radical (unpaired) electrons. The van der Waals surface area contributed by atoms with Gasteiger partial charge in [0, 0.05) is 17.5 Å². The number of carbonyl (C=O) groups excluding carboxylic acids is 3. The highest BCUT2D eigenvalue weighted by Gasteiger charge is 2.26. The van der Waals surface area contributed by atoms with Gasteiger partial charge < -0.3 is 20.7 Å². The highest BCUT2D eigenvalue weighted by molar-refractivity contribution is 6.40. The largest absolute Gasteiger partial charge is 0.425 e. The van der Waals surface area contributed by atoms with Crippen LogP contribution in [0.15, 0.2) is 84.1 Å². The number of nitriles is 1. The number of halogens is 1. The Hall–Kier alpha value is -5.81. The van der Waals surface area contributed by atoms with Gasteiger partial charge in [-0.15, -0.1) is 5.10 Å². The first-order valence-corrected chi connectivity index (χ1v) is 13.6. The Bertz CT molecular complexity index is 1670. The Labute approximate surface area is 257 Å². The molecule has 0 saturated heterocycles. The second-order valence-corrected chi connectivity index (χ2v) is 9.94. The maximum atomic E-state index is 13.0. The Morgan fingerprint density at radius 3 is 2.43 bits per heavy atom. The number of para-hydroxylation sites is 1. The van der Waals surface area contributed by atoms with Gasteiger partial charge in [0.25, 0.3) is 0 Å². The van der Waals surface area contributed by atoms with Gasteiger partial charge >= 0.3 is 17.8 Å². The van der Waals surface area contributed by atoms with E-state index >= 15 is 0 Å². The molecule has 224 valence electrons. The number of aliphatic imine (C=N–C) groups is 1. The zero-order valence-electron chi connectivity index (χ0n) is 23.6. The van der Waals surface area contributed by atoms with Gasteiger partial charge in [0.1, 0.15) is 18.1 Å². The van der Waals surface area contributed by atoms with E-state index in [4.69, 9.17) is 21.6 Å². The molecule has 4 N–H and O–H groups in total. The highest BCUT2D eigenvalue weighted by atomic mass is 35.5. The van der Waals surface area contributed by atoms with Crippen molar-refractivity contribution < 1.29 is 19.1 Å². The van der Waals surface area contributed by atoms with Crippen LogP contribution in [0, 0.1) is 11.5 Å². The zero-order chi connectivity index (χ0) is 31.5. The molecule has 3 amide bonds. The normalized spacial score (nSPS) is 11.7. The molecule has 1 heterocycles. The summed E-state index contributed by atoms with van der Waals surface area (Å²) in [6, 6.07) is 18.8. The first-order valence-electron chi connectivity index (χ1n) is 13.2. The average Bonchev–Trinajstić information content (AvgIpc) is 3.53. The fourth-order valence-electron chi connectivity index (χ4n) is 3.86. The number of rotatable bonds is 9. The highest BCUT2D eigenvalue weighted by Crippen LogP contribution is 2.24. The van der Waals surface area contributed by atoms with E-state index in [-0.39, 0.29) is 24.2 Å². The third kappa shape index (κ3) is 8.84. The van der Waals surface area contributed by atoms with Crippen molar-refractivity contribution in [1.29, 1.82) is 5.26 Å². The van der Waals surface area contributed by atoms with Crippen LogP contribution in [0.3, 0.4) is 0 Å². The molecule has 0 unspecified atom stereocenters. The number of anilines is 1. The summed E-state index contributed by atoms with van der Waals surface area (Å²) in [6.07, 6.45) is 3.18. The number of amidine groups is 1. The minimum absolute atomic E-state index is 0.0261. The van der Waals surface area contributed by atoms with Crippen molar-refractivity contribution in [2.45, 2.75) is 32.4 Å². The number of nitrogens with one attached hydrogen (secondary N) is 4. The third-order valence-electron chi connectivity index (χ3n) is 5.79. The summed E-state index contributed by atoms with van der Waals surface area (Å²) in [5.74, 6) is -2.05. The lowest BCUT2D eigenvalue weighted by Crippen LogP contribution is -2.52. The lowest BCUT2D eigenvalue weighted by Gasteiger charge is -2.20. The Kier molecular flexibility index (Phi) is 10.5. The summed E-state index contributed by atoms with van der Waals surface area (Å²) in [5, 5.41) is 30.5. The molecule has 0 aliphatic heterocycles. The summed E-state index contributed by atoms with van der Waals surface area (Å²) in [4.78, 5) is 43.2. The Morgan fingerprint density at radius 2 is 1.77 bits per heavy atom. The number of hydrogen-bond acceptors (Lipinski definition) is 9. The van der Waals surface area contributed by atoms with Gasteiger partial charge in [-0.05, 0) is 72.3 Å². The van der Waals surface area contributed by atoms with Crippen molar-refractivity contribution in [3.63, 3.8) is 0 Å². The van der Waals surface area contributed by atoms with E-state index in [0.717, 1.165) is 0 Å². The molecule has 0 spiro atoms. The predicted molar refractivity (Wildman–Crippen MR) is 161 cm³/mol. The van der Waals surface area contributed by atoms with Gasteiger partial charge in [-0.1, -0.05) is 41.9 Å².